The zero-order valence-corrected chi connectivity index (χ0v) is 18.0. The Hall–Kier alpha value is -3.19. The average molecular weight is 418 g/mol. The molecule has 0 aliphatic rings. The lowest BCUT2D eigenvalue weighted by atomic mass is 10.0. The van der Waals surface area contributed by atoms with Crippen LogP contribution in [0.4, 0.5) is 0 Å². The number of benzene rings is 2. The molecule has 7 heteroatoms. The Morgan fingerprint density at radius 1 is 1.03 bits per heavy atom. The van der Waals surface area contributed by atoms with Gasteiger partial charge in [0, 0.05) is 11.4 Å². The first-order valence-electron chi connectivity index (χ1n) is 9.78. The van der Waals surface area contributed by atoms with E-state index in [1.165, 1.54) is 17.3 Å². The van der Waals surface area contributed by atoms with Gasteiger partial charge in [-0.25, -0.2) is 9.50 Å². The molecule has 0 aliphatic carbocycles. The van der Waals surface area contributed by atoms with Gasteiger partial charge >= 0.3 is 0 Å². The Labute approximate surface area is 179 Å². The number of hydrogen-bond donors (Lipinski definition) is 1. The standard InChI is InChI=1S/C23H23N5OS/c1-15-13-16(2)28-22(24-15)26-23(27-28)30-14-21(29)25-17(3)18-9-11-20(12-10-18)19-7-5-4-6-8-19/h4-13,17H,14H2,1-3H3,(H,25,29). The third-order valence-electron chi connectivity index (χ3n) is 4.83. The predicted octanol–water partition coefficient (Wildman–Crippen LogP) is 4.38. The summed E-state index contributed by atoms with van der Waals surface area (Å²) in [6, 6.07) is 20.4. The Balaban J connectivity index is 1.35. The number of nitrogens with zero attached hydrogens (tertiary/aromatic N) is 4. The third kappa shape index (κ3) is 4.52. The summed E-state index contributed by atoms with van der Waals surface area (Å²) in [4.78, 5) is 21.2. The number of thioether (sulfide) groups is 1. The molecule has 0 radical (unpaired) electrons. The number of amides is 1. The van der Waals surface area contributed by atoms with Gasteiger partial charge in [0.2, 0.25) is 11.1 Å². The van der Waals surface area contributed by atoms with Crippen LogP contribution in [0.25, 0.3) is 16.9 Å². The molecule has 30 heavy (non-hydrogen) atoms. The highest BCUT2D eigenvalue weighted by Crippen LogP contribution is 2.22. The topological polar surface area (TPSA) is 72.2 Å². The molecule has 152 valence electrons. The van der Waals surface area contributed by atoms with Crippen LogP contribution >= 0.6 is 11.8 Å². The van der Waals surface area contributed by atoms with E-state index in [-0.39, 0.29) is 17.7 Å². The van der Waals surface area contributed by atoms with Gasteiger partial charge in [0.25, 0.3) is 5.78 Å². The molecule has 2 heterocycles. The van der Waals surface area contributed by atoms with E-state index in [1.54, 1.807) is 4.52 Å². The Morgan fingerprint density at radius 3 is 2.47 bits per heavy atom. The summed E-state index contributed by atoms with van der Waals surface area (Å²) < 4.78 is 1.70. The van der Waals surface area contributed by atoms with Gasteiger partial charge < -0.3 is 5.32 Å². The zero-order chi connectivity index (χ0) is 21.1. The number of aryl methyl sites for hydroxylation is 2. The maximum Gasteiger partial charge on any atom is 0.253 e. The van der Waals surface area contributed by atoms with Crippen LogP contribution < -0.4 is 5.32 Å². The number of carbonyl (C=O) groups is 1. The zero-order valence-electron chi connectivity index (χ0n) is 17.2. The van der Waals surface area contributed by atoms with Gasteiger partial charge in [-0.15, -0.1) is 5.10 Å². The second-order valence-corrected chi connectivity index (χ2v) is 8.15. The van der Waals surface area contributed by atoms with Gasteiger partial charge in [-0.05, 0) is 43.5 Å². The molecule has 0 spiro atoms. The van der Waals surface area contributed by atoms with Crippen molar-refractivity contribution >= 4 is 23.4 Å². The molecule has 0 saturated carbocycles. The summed E-state index contributed by atoms with van der Waals surface area (Å²) >= 11 is 1.31. The molecule has 0 aliphatic heterocycles. The maximum absolute atomic E-state index is 12.4. The quantitative estimate of drug-likeness (QED) is 0.472. The van der Waals surface area contributed by atoms with E-state index in [0.29, 0.717) is 10.9 Å². The van der Waals surface area contributed by atoms with E-state index in [4.69, 9.17) is 0 Å². The van der Waals surface area contributed by atoms with Gasteiger partial charge in [-0.1, -0.05) is 66.4 Å². The van der Waals surface area contributed by atoms with Crippen molar-refractivity contribution in [1.82, 2.24) is 24.9 Å². The average Bonchev–Trinajstić information content (AvgIpc) is 3.16. The first-order valence-corrected chi connectivity index (χ1v) is 10.8. The van der Waals surface area contributed by atoms with Crippen molar-refractivity contribution < 1.29 is 4.79 Å². The second kappa shape index (κ2) is 8.67. The summed E-state index contributed by atoms with van der Waals surface area (Å²) in [6.45, 7) is 5.87. The number of nitrogens with one attached hydrogen (secondary N) is 1. The van der Waals surface area contributed by atoms with Crippen molar-refractivity contribution in [2.45, 2.75) is 32.0 Å². The minimum atomic E-state index is -0.0801. The van der Waals surface area contributed by atoms with E-state index in [0.717, 1.165) is 22.5 Å². The summed E-state index contributed by atoms with van der Waals surface area (Å²) in [5, 5.41) is 8.02. The third-order valence-corrected chi connectivity index (χ3v) is 5.66. The lowest BCUT2D eigenvalue weighted by Crippen LogP contribution is -2.28. The first-order chi connectivity index (χ1) is 14.5. The number of carbonyl (C=O) groups excluding carboxylic acids is 1. The maximum atomic E-state index is 12.4. The van der Waals surface area contributed by atoms with Crippen LogP contribution in [0.2, 0.25) is 0 Å². The van der Waals surface area contributed by atoms with Crippen molar-refractivity contribution in [1.29, 1.82) is 0 Å². The lowest BCUT2D eigenvalue weighted by Gasteiger charge is -2.14. The minimum Gasteiger partial charge on any atom is -0.349 e. The van der Waals surface area contributed by atoms with Crippen molar-refractivity contribution in [2.24, 2.45) is 0 Å². The van der Waals surface area contributed by atoms with Gasteiger partial charge in [0.15, 0.2) is 0 Å². The van der Waals surface area contributed by atoms with Crippen LogP contribution in [0.15, 0.2) is 65.8 Å². The molecule has 0 fully saturated rings. The van der Waals surface area contributed by atoms with Gasteiger partial charge in [-0.3, -0.25) is 4.79 Å². The molecule has 6 nitrogen and oxygen atoms in total. The van der Waals surface area contributed by atoms with E-state index in [9.17, 15) is 4.79 Å². The molecule has 0 bridgehead atoms. The minimum absolute atomic E-state index is 0.0562. The van der Waals surface area contributed by atoms with Gasteiger partial charge in [0.05, 0.1) is 11.8 Å². The van der Waals surface area contributed by atoms with Crippen molar-refractivity contribution in [3.63, 3.8) is 0 Å². The summed E-state index contributed by atoms with van der Waals surface area (Å²) in [6.07, 6.45) is 0. The van der Waals surface area contributed by atoms with Crippen LogP contribution in [0.1, 0.15) is 29.9 Å². The smallest absolute Gasteiger partial charge is 0.253 e. The van der Waals surface area contributed by atoms with Crippen molar-refractivity contribution in [3.05, 3.63) is 77.6 Å². The fourth-order valence-electron chi connectivity index (χ4n) is 3.30. The highest BCUT2D eigenvalue weighted by Gasteiger charge is 2.13. The van der Waals surface area contributed by atoms with Crippen molar-refractivity contribution in [2.75, 3.05) is 5.75 Å². The molecule has 4 aromatic rings. The normalized spacial score (nSPS) is 12.1. The van der Waals surface area contributed by atoms with Crippen LogP contribution in [-0.2, 0) is 4.79 Å². The molecular weight excluding hydrogens is 394 g/mol. The number of rotatable bonds is 6. The summed E-state index contributed by atoms with van der Waals surface area (Å²) in [5.74, 6) is 0.753. The van der Waals surface area contributed by atoms with Crippen molar-refractivity contribution in [3.8, 4) is 11.1 Å². The Bertz CT molecular complexity index is 1170. The van der Waals surface area contributed by atoms with Crippen LogP contribution in [0.5, 0.6) is 0 Å². The monoisotopic (exact) mass is 417 g/mol. The largest absolute Gasteiger partial charge is 0.349 e. The van der Waals surface area contributed by atoms with E-state index in [2.05, 4.69) is 56.8 Å². The van der Waals surface area contributed by atoms with Crippen LogP contribution in [-0.4, -0.2) is 31.2 Å². The molecule has 1 atom stereocenters. The predicted molar refractivity (Wildman–Crippen MR) is 119 cm³/mol. The number of fused-ring (bicyclic) bond motifs is 1. The number of hydrogen-bond acceptors (Lipinski definition) is 5. The molecular formula is C23H23N5OS. The molecule has 2 aromatic carbocycles. The SMILES string of the molecule is Cc1cc(C)n2nc(SCC(=O)NC(C)c3ccc(-c4ccccc4)cc3)nc2n1. The fraction of sp³-hybridized carbons (Fsp3) is 0.217. The highest BCUT2D eigenvalue weighted by atomic mass is 32.2. The lowest BCUT2D eigenvalue weighted by molar-refractivity contribution is -0.119. The number of aromatic nitrogens is 4. The molecule has 1 N–H and O–H groups in total. The second-order valence-electron chi connectivity index (χ2n) is 7.21. The Kier molecular flexibility index (Phi) is 5.81. The molecule has 0 saturated heterocycles. The van der Waals surface area contributed by atoms with Gasteiger partial charge in [-0.2, -0.15) is 4.98 Å². The van der Waals surface area contributed by atoms with E-state index < -0.39 is 0 Å². The van der Waals surface area contributed by atoms with Crippen LogP contribution in [0, 0.1) is 13.8 Å². The van der Waals surface area contributed by atoms with Gasteiger partial charge in [0.1, 0.15) is 0 Å². The van der Waals surface area contributed by atoms with E-state index >= 15 is 0 Å². The summed E-state index contributed by atoms with van der Waals surface area (Å²) in [5.41, 5.74) is 5.26. The van der Waals surface area contributed by atoms with E-state index in [1.807, 2.05) is 45.0 Å². The first kappa shape index (κ1) is 20.1. The highest BCUT2D eigenvalue weighted by molar-refractivity contribution is 7.99. The molecule has 1 unspecified atom stereocenters. The Morgan fingerprint density at radius 2 is 1.73 bits per heavy atom. The summed E-state index contributed by atoms with van der Waals surface area (Å²) in [7, 11) is 0. The molecule has 1 amide bonds. The molecule has 2 aromatic heterocycles. The fourth-order valence-corrected chi connectivity index (χ4v) is 3.93. The van der Waals surface area contributed by atoms with Crippen LogP contribution in [0.3, 0.4) is 0 Å². The molecule has 4 rings (SSSR count).